The number of carbonyl (C=O) groups is 1. The number of hydrogen-bond donors (Lipinski definition) is 1. The molecule has 0 saturated heterocycles. The van der Waals surface area contributed by atoms with Gasteiger partial charge in [-0.1, -0.05) is 95.8 Å². The minimum atomic E-state index is -0.510. The lowest BCUT2D eigenvalue weighted by Crippen LogP contribution is -2.21. The third kappa shape index (κ3) is 7.82. The van der Waals surface area contributed by atoms with E-state index in [-0.39, 0.29) is 11.3 Å². The second kappa shape index (κ2) is 13.9. The summed E-state index contributed by atoms with van der Waals surface area (Å²) < 4.78 is 17.3. The van der Waals surface area contributed by atoms with Gasteiger partial charge in [-0.2, -0.15) is 5.26 Å². The summed E-state index contributed by atoms with van der Waals surface area (Å²) >= 11 is 0. The quantitative estimate of drug-likeness (QED) is 0.109. The average molecular weight is 565 g/mol. The van der Waals surface area contributed by atoms with Crippen LogP contribution in [-0.2, 0) is 10.2 Å². The highest BCUT2D eigenvalue weighted by atomic mass is 16.5. The fraction of sp³-hybridized carbons (Fsp3) is 0.333. The van der Waals surface area contributed by atoms with Crippen molar-refractivity contribution in [2.24, 2.45) is 5.73 Å². The number of nitriles is 1. The standard InChI is InChI=1S/C36H40N2O4/c1-5-6-7-8-9-22-40-28-17-13-26(14-18-28)34-30-20-19-29(23-32(30)42-35(38)31(34)24-37)41-33(39)21-12-25-10-15-27(16-11-25)36(2,3)4/h10-21,23,34H,5-9,22,38H2,1-4H3/b21-12+. The topological polar surface area (TPSA) is 94.6 Å². The lowest BCUT2D eigenvalue weighted by Gasteiger charge is -2.26. The van der Waals surface area contributed by atoms with Gasteiger partial charge in [0.1, 0.15) is 28.9 Å². The van der Waals surface area contributed by atoms with Gasteiger partial charge in [0.2, 0.25) is 5.88 Å². The number of hydrogen-bond acceptors (Lipinski definition) is 6. The molecule has 1 unspecified atom stereocenters. The fourth-order valence-electron chi connectivity index (χ4n) is 4.90. The Kier molecular flexibility index (Phi) is 10.1. The first-order chi connectivity index (χ1) is 20.2. The normalized spacial score (nSPS) is 14.7. The van der Waals surface area contributed by atoms with Crippen LogP contribution in [0, 0.1) is 11.3 Å². The van der Waals surface area contributed by atoms with E-state index in [0.717, 1.165) is 28.9 Å². The maximum absolute atomic E-state index is 12.6. The van der Waals surface area contributed by atoms with Crippen molar-refractivity contribution in [2.75, 3.05) is 6.61 Å². The van der Waals surface area contributed by atoms with Gasteiger partial charge in [-0.05, 0) is 52.8 Å². The molecular formula is C36H40N2O4. The van der Waals surface area contributed by atoms with E-state index in [1.165, 1.54) is 37.3 Å². The minimum Gasteiger partial charge on any atom is -0.494 e. The van der Waals surface area contributed by atoms with Crippen molar-refractivity contribution in [2.45, 2.75) is 71.1 Å². The first kappa shape index (κ1) is 30.5. The molecule has 6 nitrogen and oxygen atoms in total. The van der Waals surface area contributed by atoms with Crippen molar-refractivity contribution in [3.8, 4) is 23.3 Å². The second-order valence-corrected chi connectivity index (χ2v) is 11.6. The van der Waals surface area contributed by atoms with Crippen molar-refractivity contribution in [3.63, 3.8) is 0 Å². The number of rotatable bonds is 11. The molecule has 0 bridgehead atoms. The number of nitrogens with zero attached hydrogens (tertiary/aromatic N) is 1. The van der Waals surface area contributed by atoms with Gasteiger partial charge in [0.25, 0.3) is 0 Å². The third-order valence-electron chi connectivity index (χ3n) is 7.33. The molecule has 218 valence electrons. The van der Waals surface area contributed by atoms with Gasteiger partial charge < -0.3 is 19.9 Å². The number of benzene rings is 3. The molecular weight excluding hydrogens is 524 g/mol. The molecule has 6 heteroatoms. The highest BCUT2D eigenvalue weighted by Gasteiger charge is 2.31. The van der Waals surface area contributed by atoms with E-state index in [2.05, 4.69) is 45.9 Å². The smallest absolute Gasteiger partial charge is 0.336 e. The molecule has 0 amide bonds. The van der Waals surface area contributed by atoms with Gasteiger partial charge in [0, 0.05) is 17.7 Å². The Morgan fingerprint density at radius 1 is 0.976 bits per heavy atom. The summed E-state index contributed by atoms with van der Waals surface area (Å²) in [4.78, 5) is 12.6. The van der Waals surface area contributed by atoms with Gasteiger partial charge in [-0.15, -0.1) is 0 Å². The molecule has 0 saturated carbocycles. The minimum absolute atomic E-state index is 0.0319. The number of unbranched alkanes of at least 4 members (excludes halogenated alkanes) is 4. The Morgan fingerprint density at radius 2 is 1.67 bits per heavy atom. The molecule has 1 atom stereocenters. The van der Waals surface area contributed by atoms with E-state index in [9.17, 15) is 10.1 Å². The Labute approximate surface area is 249 Å². The van der Waals surface area contributed by atoms with Crippen molar-refractivity contribution in [1.29, 1.82) is 5.26 Å². The molecule has 0 aliphatic carbocycles. The molecule has 0 aromatic heterocycles. The van der Waals surface area contributed by atoms with Crippen LogP contribution in [0.3, 0.4) is 0 Å². The van der Waals surface area contributed by atoms with Crippen LogP contribution in [0.25, 0.3) is 6.08 Å². The van der Waals surface area contributed by atoms with Crippen LogP contribution in [0.4, 0.5) is 0 Å². The predicted octanol–water partition coefficient (Wildman–Crippen LogP) is 8.17. The number of esters is 1. The van der Waals surface area contributed by atoms with Crippen molar-refractivity contribution in [1.82, 2.24) is 0 Å². The fourth-order valence-corrected chi connectivity index (χ4v) is 4.90. The maximum Gasteiger partial charge on any atom is 0.336 e. The van der Waals surface area contributed by atoms with E-state index in [4.69, 9.17) is 19.9 Å². The van der Waals surface area contributed by atoms with Gasteiger partial charge in [-0.25, -0.2) is 4.79 Å². The zero-order valence-electron chi connectivity index (χ0n) is 25.0. The van der Waals surface area contributed by atoms with Crippen molar-refractivity contribution < 1.29 is 19.0 Å². The molecule has 2 N–H and O–H groups in total. The van der Waals surface area contributed by atoms with Gasteiger partial charge >= 0.3 is 5.97 Å². The average Bonchev–Trinajstić information content (AvgIpc) is 2.97. The molecule has 3 aromatic rings. The first-order valence-corrected chi connectivity index (χ1v) is 14.6. The molecule has 1 heterocycles. The Hall–Kier alpha value is -4.50. The number of fused-ring (bicyclic) bond motifs is 1. The van der Waals surface area contributed by atoms with E-state index in [1.807, 2.05) is 42.5 Å². The van der Waals surface area contributed by atoms with Crippen LogP contribution in [0.15, 0.2) is 84.3 Å². The van der Waals surface area contributed by atoms with Gasteiger partial charge in [0.15, 0.2) is 0 Å². The Balaban J connectivity index is 1.44. The van der Waals surface area contributed by atoms with Crippen molar-refractivity contribution >= 4 is 12.0 Å². The summed E-state index contributed by atoms with van der Waals surface area (Å²) in [5, 5.41) is 9.89. The van der Waals surface area contributed by atoms with Crippen LogP contribution in [0.2, 0.25) is 0 Å². The molecule has 1 aliphatic heterocycles. The summed E-state index contributed by atoms with van der Waals surface area (Å²) in [7, 11) is 0. The monoisotopic (exact) mass is 564 g/mol. The Morgan fingerprint density at radius 3 is 2.33 bits per heavy atom. The lowest BCUT2D eigenvalue weighted by atomic mass is 9.83. The highest BCUT2D eigenvalue weighted by molar-refractivity contribution is 5.88. The largest absolute Gasteiger partial charge is 0.494 e. The summed E-state index contributed by atoms with van der Waals surface area (Å²) in [5.41, 5.74) is 10.3. The molecule has 3 aromatic carbocycles. The number of ether oxygens (including phenoxy) is 3. The van der Waals surface area contributed by atoms with Gasteiger partial charge in [0.05, 0.1) is 12.5 Å². The van der Waals surface area contributed by atoms with Crippen LogP contribution in [0.5, 0.6) is 17.2 Å². The van der Waals surface area contributed by atoms with E-state index < -0.39 is 11.9 Å². The van der Waals surface area contributed by atoms with Crippen LogP contribution in [0.1, 0.15) is 88.0 Å². The lowest BCUT2D eigenvalue weighted by molar-refractivity contribution is -0.128. The Bertz CT molecular complexity index is 1470. The summed E-state index contributed by atoms with van der Waals surface area (Å²) in [6.45, 7) is 9.36. The van der Waals surface area contributed by atoms with Crippen molar-refractivity contribution in [3.05, 3.63) is 107 Å². The molecule has 42 heavy (non-hydrogen) atoms. The van der Waals surface area contributed by atoms with Gasteiger partial charge in [-0.3, -0.25) is 0 Å². The molecule has 1 aliphatic rings. The maximum atomic E-state index is 12.6. The second-order valence-electron chi connectivity index (χ2n) is 11.6. The van der Waals surface area contributed by atoms with E-state index >= 15 is 0 Å². The molecule has 4 rings (SSSR count). The summed E-state index contributed by atoms with van der Waals surface area (Å²) in [5.74, 6) is 0.658. The van der Waals surface area contributed by atoms with Crippen LogP contribution < -0.4 is 19.9 Å². The van der Waals surface area contributed by atoms with E-state index in [0.29, 0.717) is 23.7 Å². The number of allylic oxidation sites excluding steroid dienone is 1. The zero-order chi connectivity index (χ0) is 30.1. The number of carbonyl (C=O) groups excluding carboxylic acids is 1. The predicted molar refractivity (Wildman–Crippen MR) is 166 cm³/mol. The zero-order valence-corrected chi connectivity index (χ0v) is 25.0. The van der Waals surface area contributed by atoms with E-state index in [1.54, 1.807) is 18.2 Å². The number of nitrogens with two attached hydrogens (primary N) is 1. The third-order valence-corrected chi connectivity index (χ3v) is 7.33. The first-order valence-electron chi connectivity index (χ1n) is 14.6. The molecule has 0 fully saturated rings. The van der Waals surface area contributed by atoms with Crippen LogP contribution >= 0.6 is 0 Å². The SMILES string of the molecule is CCCCCCCOc1ccc(C2C(C#N)=C(N)Oc3cc(OC(=O)/C=C/c4ccc(C(C)(C)C)cc4)ccc32)cc1. The van der Waals surface area contributed by atoms with Crippen LogP contribution in [-0.4, -0.2) is 12.6 Å². The summed E-state index contributed by atoms with van der Waals surface area (Å²) in [6.07, 6.45) is 9.02. The molecule has 0 radical (unpaired) electrons. The highest BCUT2D eigenvalue weighted by Crippen LogP contribution is 2.43. The summed E-state index contributed by atoms with van der Waals surface area (Å²) in [6, 6.07) is 23.2. The molecule has 0 spiro atoms.